The Morgan fingerprint density at radius 3 is 3.18 bits per heavy atom. The molecule has 1 rings (SSSR count). The van der Waals surface area contributed by atoms with Gasteiger partial charge >= 0.3 is 5.97 Å². The molecule has 0 radical (unpaired) electrons. The number of hydrogen-bond acceptors (Lipinski definition) is 4. The maximum atomic E-state index is 10.7. The third-order valence-electron chi connectivity index (χ3n) is 1.69. The molecular formula is C7H13NO2S. The molecule has 1 unspecified atom stereocenters. The summed E-state index contributed by atoms with van der Waals surface area (Å²) in [7, 11) is 1.41. The van der Waals surface area contributed by atoms with Crippen LogP contribution in [0.3, 0.4) is 0 Å². The highest BCUT2D eigenvalue weighted by molar-refractivity contribution is 7.99. The first kappa shape index (κ1) is 8.87. The van der Waals surface area contributed by atoms with Gasteiger partial charge in [-0.05, 0) is 12.2 Å². The first-order chi connectivity index (χ1) is 5.33. The molecule has 1 fully saturated rings. The zero-order valence-electron chi connectivity index (χ0n) is 6.63. The third kappa shape index (κ3) is 3.12. The van der Waals surface area contributed by atoms with E-state index in [0.717, 1.165) is 5.75 Å². The second kappa shape index (κ2) is 4.62. The fourth-order valence-electron chi connectivity index (χ4n) is 0.995. The summed E-state index contributed by atoms with van der Waals surface area (Å²) in [6, 6.07) is 0.513. The molecule has 0 aromatic heterocycles. The van der Waals surface area contributed by atoms with Gasteiger partial charge in [-0.2, -0.15) is 11.8 Å². The first-order valence-electron chi connectivity index (χ1n) is 3.71. The number of hydrogen-bond donors (Lipinski definition) is 1. The topological polar surface area (TPSA) is 38.3 Å². The monoisotopic (exact) mass is 175 g/mol. The van der Waals surface area contributed by atoms with Gasteiger partial charge in [-0.1, -0.05) is 0 Å². The van der Waals surface area contributed by atoms with Crippen molar-refractivity contribution in [3.63, 3.8) is 0 Å². The highest BCUT2D eigenvalue weighted by atomic mass is 32.2. The molecular weight excluding hydrogens is 162 g/mol. The van der Waals surface area contributed by atoms with Crippen molar-refractivity contribution < 1.29 is 9.53 Å². The third-order valence-corrected chi connectivity index (χ3v) is 2.85. The van der Waals surface area contributed by atoms with Gasteiger partial charge < -0.3 is 10.1 Å². The average Bonchev–Trinajstić information content (AvgIpc) is 2.52. The molecule has 0 saturated carbocycles. The van der Waals surface area contributed by atoms with Gasteiger partial charge in [0, 0.05) is 11.8 Å². The van der Waals surface area contributed by atoms with Crippen molar-refractivity contribution >= 4 is 17.7 Å². The molecule has 0 aliphatic carbocycles. The van der Waals surface area contributed by atoms with Crippen molar-refractivity contribution in [1.82, 2.24) is 5.32 Å². The van der Waals surface area contributed by atoms with E-state index < -0.39 is 0 Å². The summed E-state index contributed by atoms with van der Waals surface area (Å²) < 4.78 is 4.50. The molecule has 1 aliphatic heterocycles. The standard InChI is InChI=1S/C7H13NO2S/c1-10-7(9)4-8-6-2-3-11-5-6/h6,8H,2-5H2,1H3. The van der Waals surface area contributed by atoms with Gasteiger partial charge in [0.25, 0.3) is 0 Å². The fourth-order valence-corrected chi connectivity index (χ4v) is 2.18. The molecule has 1 aliphatic rings. The van der Waals surface area contributed by atoms with Gasteiger partial charge in [-0.3, -0.25) is 4.79 Å². The highest BCUT2D eigenvalue weighted by Gasteiger charge is 2.15. The van der Waals surface area contributed by atoms with Crippen LogP contribution in [-0.4, -0.2) is 37.2 Å². The van der Waals surface area contributed by atoms with E-state index in [1.165, 1.54) is 19.3 Å². The number of ether oxygens (including phenoxy) is 1. The van der Waals surface area contributed by atoms with Crippen LogP contribution in [0.4, 0.5) is 0 Å². The number of esters is 1. The summed E-state index contributed by atoms with van der Waals surface area (Å²) in [6.07, 6.45) is 1.17. The molecule has 0 spiro atoms. The van der Waals surface area contributed by atoms with Crippen molar-refractivity contribution in [1.29, 1.82) is 0 Å². The summed E-state index contributed by atoms with van der Waals surface area (Å²) in [6.45, 7) is 0.349. The number of rotatable bonds is 3. The van der Waals surface area contributed by atoms with Crippen LogP contribution in [0.2, 0.25) is 0 Å². The minimum Gasteiger partial charge on any atom is -0.468 e. The van der Waals surface area contributed by atoms with Crippen LogP contribution in [0.25, 0.3) is 0 Å². The van der Waals surface area contributed by atoms with Gasteiger partial charge in [0.1, 0.15) is 0 Å². The van der Waals surface area contributed by atoms with Crippen molar-refractivity contribution in [2.45, 2.75) is 12.5 Å². The molecule has 1 atom stereocenters. The molecule has 1 heterocycles. The lowest BCUT2D eigenvalue weighted by molar-refractivity contribution is -0.139. The van der Waals surface area contributed by atoms with Crippen LogP contribution in [0.5, 0.6) is 0 Å². The molecule has 0 amide bonds. The number of methoxy groups -OCH3 is 1. The number of nitrogens with one attached hydrogen (secondary N) is 1. The SMILES string of the molecule is COC(=O)CNC1CCSC1. The van der Waals surface area contributed by atoms with Crippen LogP contribution in [0.1, 0.15) is 6.42 Å². The Balaban J connectivity index is 2.06. The summed E-state index contributed by atoms with van der Waals surface area (Å²) >= 11 is 1.93. The second-order valence-electron chi connectivity index (χ2n) is 2.52. The molecule has 4 heteroatoms. The average molecular weight is 175 g/mol. The van der Waals surface area contributed by atoms with E-state index in [4.69, 9.17) is 0 Å². The summed E-state index contributed by atoms with van der Waals surface area (Å²) in [5.74, 6) is 2.15. The highest BCUT2D eigenvalue weighted by Crippen LogP contribution is 2.16. The Bertz CT molecular complexity index is 134. The lowest BCUT2D eigenvalue weighted by atomic mass is 10.3. The molecule has 0 bridgehead atoms. The zero-order valence-corrected chi connectivity index (χ0v) is 7.45. The largest absolute Gasteiger partial charge is 0.468 e. The smallest absolute Gasteiger partial charge is 0.319 e. The van der Waals surface area contributed by atoms with Crippen LogP contribution in [-0.2, 0) is 9.53 Å². The van der Waals surface area contributed by atoms with E-state index in [2.05, 4.69) is 10.1 Å². The Hall–Kier alpha value is -0.220. The lowest BCUT2D eigenvalue weighted by Gasteiger charge is -2.08. The van der Waals surface area contributed by atoms with E-state index in [1.54, 1.807) is 0 Å². The lowest BCUT2D eigenvalue weighted by Crippen LogP contribution is -2.33. The molecule has 0 aromatic rings. The first-order valence-corrected chi connectivity index (χ1v) is 4.86. The van der Waals surface area contributed by atoms with E-state index in [0.29, 0.717) is 12.6 Å². The Morgan fingerprint density at radius 2 is 2.64 bits per heavy atom. The fraction of sp³-hybridized carbons (Fsp3) is 0.857. The van der Waals surface area contributed by atoms with Crippen LogP contribution in [0, 0.1) is 0 Å². The Morgan fingerprint density at radius 1 is 1.82 bits per heavy atom. The minimum atomic E-state index is -0.179. The van der Waals surface area contributed by atoms with Crippen LogP contribution >= 0.6 is 11.8 Å². The van der Waals surface area contributed by atoms with E-state index >= 15 is 0 Å². The summed E-state index contributed by atoms with van der Waals surface area (Å²) in [5, 5.41) is 3.14. The van der Waals surface area contributed by atoms with Gasteiger partial charge in [-0.25, -0.2) is 0 Å². The molecule has 1 saturated heterocycles. The van der Waals surface area contributed by atoms with Gasteiger partial charge in [0.15, 0.2) is 0 Å². The van der Waals surface area contributed by atoms with Crippen molar-refractivity contribution in [2.24, 2.45) is 0 Å². The van der Waals surface area contributed by atoms with Crippen molar-refractivity contribution in [3.05, 3.63) is 0 Å². The molecule has 3 nitrogen and oxygen atoms in total. The molecule has 11 heavy (non-hydrogen) atoms. The quantitative estimate of drug-likeness (QED) is 0.624. The molecule has 1 N–H and O–H groups in total. The van der Waals surface area contributed by atoms with E-state index in [9.17, 15) is 4.79 Å². The Labute approximate surface area is 70.9 Å². The minimum absolute atomic E-state index is 0.179. The zero-order chi connectivity index (χ0) is 8.10. The van der Waals surface area contributed by atoms with Gasteiger partial charge in [-0.15, -0.1) is 0 Å². The van der Waals surface area contributed by atoms with E-state index in [-0.39, 0.29) is 5.97 Å². The normalized spacial score (nSPS) is 23.5. The second-order valence-corrected chi connectivity index (χ2v) is 3.67. The maximum absolute atomic E-state index is 10.7. The van der Waals surface area contributed by atoms with Gasteiger partial charge in [0.05, 0.1) is 13.7 Å². The Kier molecular flexibility index (Phi) is 3.72. The van der Waals surface area contributed by atoms with Crippen molar-refractivity contribution in [2.75, 3.05) is 25.2 Å². The predicted octanol–water partition coefficient (Wildman–Crippen LogP) is 0.254. The predicted molar refractivity (Wildman–Crippen MR) is 45.7 cm³/mol. The van der Waals surface area contributed by atoms with Crippen molar-refractivity contribution in [3.8, 4) is 0 Å². The van der Waals surface area contributed by atoms with E-state index in [1.807, 2.05) is 11.8 Å². The number of carbonyl (C=O) groups excluding carboxylic acids is 1. The molecule has 64 valence electrons. The number of thioether (sulfide) groups is 1. The number of carbonyl (C=O) groups is 1. The summed E-state index contributed by atoms with van der Waals surface area (Å²) in [5.41, 5.74) is 0. The van der Waals surface area contributed by atoms with Crippen LogP contribution in [0.15, 0.2) is 0 Å². The van der Waals surface area contributed by atoms with Crippen LogP contribution < -0.4 is 5.32 Å². The maximum Gasteiger partial charge on any atom is 0.319 e. The molecule has 0 aromatic carbocycles. The van der Waals surface area contributed by atoms with Gasteiger partial charge in [0.2, 0.25) is 0 Å². The summed E-state index contributed by atoms with van der Waals surface area (Å²) in [4.78, 5) is 10.7.